The lowest BCUT2D eigenvalue weighted by molar-refractivity contribution is 0.883. The van der Waals surface area contributed by atoms with Gasteiger partial charge in [0.25, 0.3) is 0 Å². The van der Waals surface area contributed by atoms with Crippen LogP contribution in [0.4, 0.5) is 5.82 Å². The van der Waals surface area contributed by atoms with Gasteiger partial charge in [-0.25, -0.2) is 4.68 Å². The maximum absolute atomic E-state index is 9.53. The molecular formula is C22H19N7. The van der Waals surface area contributed by atoms with E-state index in [2.05, 4.69) is 26.6 Å². The Morgan fingerprint density at radius 3 is 2.52 bits per heavy atom. The van der Waals surface area contributed by atoms with Crippen LogP contribution in [0.1, 0.15) is 22.4 Å². The van der Waals surface area contributed by atoms with Crippen molar-refractivity contribution in [1.82, 2.24) is 25.0 Å². The van der Waals surface area contributed by atoms with Crippen molar-refractivity contribution in [3.63, 3.8) is 0 Å². The molecule has 0 bridgehead atoms. The molecule has 0 atom stereocenters. The number of rotatable bonds is 5. The van der Waals surface area contributed by atoms with Crippen LogP contribution >= 0.6 is 0 Å². The molecule has 1 aromatic carbocycles. The number of para-hydroxylation sites is 1. The number of hydrogen-bond donors (Lipinski definition) is 1. The van der Waals surface area contributed by atoms with Crippen LogP contribution in [0.3, 0.4) is 0 Å². The van der Waals surface area contributed by atoms with E-state index >= 15 is 0 Å². The number of nitrogens with zero attached hydrogens (tertiary/aromatic N) is 6. The van der Waals surface area contributed by atoms with Crippen LogP contribution in [0, 0.1) is 25.2 Å². The number of pyridine rings is 1. The Balaban J connectivity index is 1.71. The van der Waals surface area contributed by atoms with Gasteiger partial charge in [0.2, 0.25) is 0 Å². The molecule has 3 aromatic heterocycles. The van der Waals surface area contributed by atoms with Gasteiger partial charge in [0.1, 0.15) is 11.6 Å². The number of aromatic nitrogens is 5. The fourth-order valence-corrected chi connectivity index (χ4v) is 3.05. The summed E-state index contributed by atoms with van der Waals surface area (Å²) in [4.78, 5) is 4.10. The average Bonchev–Trinajstić information content (AvgIpc) is 3.20. The monoisotopic (exact) mass is 381 g/mol. The SMILES string of the molecule is Cc1nnc(NCc2cn(-c3ccccc3)nc2-c2ccncc2)c(C#N)c1C. The van der Waals surface area contributed by atoms with E-state index in [1.165, 1.54) is 0 Å². The number of nitriles is 1. The van der Waals surface area contributed by atoms with E-state index in [0.717, 1.165) is 33.8 Å². The first-order chi connectivity index (χ1) is 14.2. The summed E-state index contributed by atoms with van der Waals surface area (Å²) in [5.74, 6) is 0.476. The predicted octanol–water partition coefficient (Wildman–Crippen LogP) is 3.82. The van der Waals surface area contributed by atoms with E-state index in [1.807, 2.05) is 67.2 Å². The molecule has 3 heterocycles. The molecule has 142 valence electrons. The van der Waals surface area contributed by atoms with Gasteiger partial charge in [0.05, 0.1) is 17.1 Å². The molecule has 0 aliphatic carbocycles. The number of anilines is 1. The van der Waals surface area contributed by atoms with Gasteiger partial charge in [-0.3, -0.25) is 4.98 Å². The summed E-state index contributed by atoms with van der Waals surface area (Å²) < 4.78 is 1.85. The summed E-state index contributed by atoms with van der Waals surface area (Å²) in [7, 11) is 0. The quantitative estimate of drug-likeness (QED) is 0.565. The predicted molar refractivity (Wildman–Crippen MR) is 110 cm³/mol. The summed E-state index contributed by atoms with van der Waals surface area (Å²) >= 11 is 0. The first-order valence-electron chi connectivity index (χ1n) is 9.19. The topological polar surface area (TPSA) is 92.3 Å². The highest BCUT2D eigenvalue weighted by molar-refractivity contribution is 5.64. The van der Waals surface area contributed by atoms with Crippen LogP contribution in [0.15, 0.2) is 61.1 Å². The Morgan fingerprint density at radius 1 is 1.03 bits per heavy atom. The fourth-order valence-electron chi connectivity index (χ4n) is 3.05. The lowest BCUT2D eigenvalue weighted by Crippen LogP contribution is -2.07. The van der Waals surface area contributed by atoms with E-state index in [0.29, 0.717) is 17.9 Å². The zero-order valence-corrected chi connectivity index (χ0v) is 16.2. The Hall–Kier alpha value is -4.05. The van der Waals surface area contributed by atoms with Gasteiger partial charge in [-0.05, 0) is 43.7 Å². The third kappa shape index (κ3) is 3.69. The third-order valence-corrected chi connectivity index (χ3v) is 4.78. The van der Waals surface area contributed by atoms with Gasteiger partial charge >= 0.3 is 0 Å². The minimum atomic E-state index is 0.455. The minimum absolute atomic E-state index is 0.455. The molecule has 4 rings (SSSR count). The molecule has 0 saturated heterocycles. The van der Waals surface area contributed by atoms with E-state index in [9.17, 15) is 5.26 Å². The van der Waals surface area contributed by atoms with Gasteiger partial charge in [-0.2, -0.15) is 15.5 Å². The fraction of sp³-hybridized carbons (Fsp3) is 0.136. The van der Waals surface area contributed by atoms with Crippen molar-refractivity contribution in [2.75, 3.05) is 5.32 Å². The average molecular weight is 381 g/mol. The second-order valence-corrected chi connectivity index (χ2v) is 6.62. The van der Waals surface area contributed by atoms with Crippen molar-refractivity contribution in [2.24, 2.45) is 0 Å². The second-order valence-electron chi connectivity index (χ2n) is 6.62. The molecule has 0 fully saturated rings. The second kappa shape index (κ2) is 7.90. The van der Waals surface area contributed by atoms with Gasteiger partial charge in [0, 0.05) is 36.3 Å². The number of benzene rings is 1. The Morgan fingerprint density at radius 2 is 1.79 bits per heavy atom. The lowest BCUT2D eigenvalue weighted by atomic mass is 10.1. The highest BCUT2D eigenvalue weighted by atomic mass is 15.3. The first-order valence-corrected chi connectivity index (χ1v) is 9.19. The Kier molecular flexibility index (Phi) is 4.99. The largest absolute Gasteiger partial charge is 0.363 e. The highest BCUT2D eigenvalue weighted by Crippen LogP contribution is 2.25. The molecule has 4 aromatic rings. The van der Waals surface area contributed by atoms with Gasteiger partial charge in [0.15, 0.2) is 5.82 Å². The van der Waals surface area contributed by atoms with Crippen molar-refractivity contribution in [2.45, 2.75) is 20.4 Å². The molecule has 29 heavy (non-hydrogen) atoms. The van der Waals surface area contributed by atoms with E-state index in [-0.39, 0.29) is 0 Å². The number of hydrogen-bond acceptors (Lipinski definition) is 6. The smallest absolute Gasteiger partial charge is 0.167 e. The van der Waals surface area contributed by atoms with E-state index in [1.54, 1.807) is 12.4 Å². The Bertz CT molecular complexity index is 1180. The van der Waals surface area contributed by atoms with Crippen molar-refractivity contribution < 1.29 is 0 Å². The normalized spacial score (nSPS) is 10.5. The molecule has 7 heteroatoms. The lowest BCUT2D eigenvalue weighted by Gasteiger charge is -2.09. The molecule has 1 N–H and O–H groups in total. The van der Waals surface area contributed by atoms with Crippen molar-refractivity contribution in [1.29, 1.82) is 5.26 Å². The van der Waals surface area contributed by atoms with Crippen molar-refractivity contribution >= 4 is 5.82 Å². The molecule has 0 radical (unpaired) electrons. The maximum atomic E-state index is 9.53. The summed E-state index contributed by atoms with van der Waals surface area (Å²) in [6.07, 6.45) is 5.48. The maximum Gasteiger partial charge on any atom is 0.167 e. The van der Waals surface area contributed by atoms with Gasteiger partial charge in [-0.1, -0.05) is 18.2 Å². The summed E-state index contributed by atoms with van der Waals surface area (Å²) in [6, 6.07) is 16.0. The van der Waals surface area contributed by atoms with Gasteiger partial charge in [-0.15, -0.1) is 5.10 Å². The van der Waals surface area contributed by atoms with Crippen LogP contribution in [-0.4, -0.2) is 25.0 Å². The van der Waals surface area contributed by atoms with Crippen LogP contribution < -0.4 is 5.32 Å². The first kappa shape index (κ1) is 18.3. The Labute approximate surface area is 168 Å². The zero-order chi connectivity index (χ0) is 20.2. The highest BCUT2D eigenvalue weighted by Gasteiger charge is 2.15. The molecule has 0 saturated carbocycles. The summed E-state index contributed by atoms with van der Waals surface area (Å²) in [5, 5.41) is 25.9. The number of nitrogens with one attached hydrogen (secondary N) is 1. The minimum Gasteiger partial charge on any atom is -0.363 e. The zero-order valence-electron chi connectivity index (χ0n) is 16.2. The molecule has 0 aliphatic rings. The van der Waals surface area contributed by atoms with Gasteiger partial charge < -0.3 is 5.32 Å². The molecule has 0 amide bonds. The van der Waals surface area contributed by atoms with E-state index < -0.39 is 0 Å². The standard InChI is InChI=1S/C22H19N7/c1-15-16(2)26-27-22(20(15)12-23)25-13-18-14-29(19-6-4-3-5-7-19)28-21(18)17-8-10-24-11-9-17/h3-11,14H,13H2,1-2H3,(H,25,27). The molecular weight excluding hydrogens is 362 g/mol. The van der Waals surface area contributed by atoms with Crippen molar-refractivity contribution in [3.8, 4) is 23.0 Å². The summed E-state index contributed by atoms with van der Waals surface area (Å²) in [5.41, 5.74) is 5.86. The van der Waals surface area contributed by atoms with Crippen molar-refractivity contribution in [3.05, 3.63) is 83.4 Å². The molecule has 7 nitrogen and oxygen atoms in total. The van der Waals surface area contributed by atoms with Crippen LogP contribution in [0.2, 0.25) is 0 Å². The van der Waals surface area contributed by atoms with Crippen LogP contribution in [0.5, 0.6) is 0 Å². The molecule has 0 spiro atoms. The summed E-state index contributed by atoms with van der Waals surface area (Å²) in [6.45, 7) is 4.18. The van der Waals surface area contributed by atoms with Crippen LogP contribution in [0.25, 0.3) is 16.9 Å². The number of aryl methyl sites for hydroxylation is 1. The molecule has 0 aliphatic heterocycles. The van der Waals surface area contributed by atoms with E-state index in [4.69, 9.17) is 5.10 Å². The molecule has 0 unspecified atom stereocenters. The third-order valence-electron chi connectivity index (χ3n) is 4.78. The van der Waals surface area contributed by atoms with Crippen LogP contribution in [-0.2, 0) is 6.54 Å².